The number of nitrogens with zero attached hydrogens (tertiary/aromatic N) is 2. The molecule has 7 nitrogen and oxygen atoms in total. The number of carbonyl (C=O) groups is 1. The molecule has 1 aromatic heterocycles. The van der Waals surface area contributed by atoms with E-state index >= 15 is 0 Å². The maximum Gasteiger partial charge on any atom is 0.271 e. The SMILES string of the molecule is COc1ccc(OCCNC(=O)c2ccc(NCc3ccccc3)nn2)cc1. The molecule has 0 atom stereocenters. The van der Waals surface area contributed by atoms with E-state index in [1.807, 2.05) is 54.6 Å². The summed E-state index contributed by atoms with van der Waals surface area (Å²) in [6.07, 6.45) is 0. The number of rotatable bonds is 9. The van der Waals surface area contributed by atoms with Gasteiger partial charge in [-0.2, -0.15) is 0 Å². The quantitative estimate of drug-likeness (QED) is 0.557. The zero-order valence-electron chi connectivity index (χ0n) is 15.6. The molecule has 0 unspecified atom stereocenters. The summed E-state index contributed by atoms with van der Waals surface area (Å²) in [6, 6.07) is 20.6. The van der Waals surface area contributed by atoms with Gasteiger partial charge in [0.1, 0.15) is 23.9 Å². The Bertz CT molecular complexity index is 868. The molecule has 2 N–H and O–H groups in total. The molecular weight excluding hydrogens is 356 g/mol. The number of benzene rings is 2. The van der Waals surface area contributed by atoms with Gasteiger partial charge in [-0.05, 0) is 42.0 Å². The van der Waals surface area contributed by atoms with Gasteiger partial charge in [-0.3, -0.25) is 4.79 Å². The summed E-state index contributed by atoms with van der Waals surface area (Å²) in [7, 11) is 1.61. The Balaban J connectivity index is 1.40. The molecule has 144 valence electrons. The fraction of sp³-hybridized carbons (Fsp3) is 0.190. The molecule has 0 saturated carbocycles. The van der Waals surface area contributed by atoms with Gasteiger partial charge in [0.05, 0.1) is 13.7 Å². The predicted molar refractivity (Wildman–Crippen MR) is 107 cm³/mol. The first-order chi connectivity index (χ1) is 13.7. The van der Waals surface area contributed by atoms with Crippen molar-refractivity contribution in [1.82, 2.24) is 15.5 Å². The second-order valence-corrected chi connectivity index (χ2v) is 5.92. The zero-order chi connectivity index (χ0) is 19.6. The molecule has 0 fully saturated rings. The van der Waals surface area contributed by atoms with Crippen LogP contribution in [0.15, 0.2) is 66.7 Å². The molecule has 3 rings (SSSR count). The van der Waals surface area contributed by atoms with Crippen molar-refractivity contribution in [2.75, 3.05) is 25.6 Å². The molecule has 0 spiro atoms. The second kappa shape index (κ2) is 9.91. The van der Waals surface area contributed by atoms with E-state index in [2.05, 4.69) is 20.8 Å². The molecule has 1 amide bonds. The van der Waals surface area contributed by atoms with E-state index in [4.69, 9.17) is 9.47 Å². The number of amides is 1. The smallest absolute Gasteiger partial charge is 0.271 e. The van der Waals surface area contributed by atoms with Crippen LogP contribution in [0.3, 0.4) is 0 Å². The first kappa shape index (κ1) is 19.2. The Morgan fingerprint density at radius 2 is 1.68 bits per heavy atom. The molecule has 0 aliphatic carbocycles. The number of methoxy groups -OCH3 is 1. The van der Waals surface area contributed by atoms with Crippen LogP contribution in [0.1, 0.15) is 16.1 Å². The molecule has 1 heterocycles. The highest BCUT2D eigenvalue weighted by atomic mass is 16.5. The van der Waals surface area contributed by atoms with Crippen LogP contribution >= 0.6 is 0 Å². The van der Waals surface area contributed by atoms with Crippen LogP contribution < -0.4 is 20.1 Å². The van der Waals surface area contributed by atoms with Gasteiger partial charge in [-0.15, -0.1) is 10.2 Å². The fourth-order valence-electron chi connectivity index (χ4n) is 2.43. The van der Waals surface area contributed by atoms with E-state index in [1.54, 1.807) is 19.2 Å². The fourth-order valence-corrected chi connectivity index (χ4v) is 2.43. The molecule has 0 bridgehead atoms. The third-order valence-electron chi connectivity index (χ3n) is 3.93. The van der Waals surface area contributed by atoms with Gasteiger partial charge in [0, 0.05) is 6.54 Å². The monoisotopic (exact) mass is 378 g/mol. The highest BCUT2D eigenvalue weighted by Crippen LogP contribution is 2.16. The van der Waals surface area contributed by atoms with E-state index in [9.17, 15) is 4.79 Å². The van der Waals surface area contributed by atoms with Gasteiger partial charge in [0.25, 0.3) is 5.91 Å². The normalized spacial score (nSPS) is 10.2. The summed E-state index contributed by atoms with van der Waals surface area (Å²) < 4.78 is 10.7. The van der Waals surface area contributed by atoms with Gasteiger partial charge in [0.15, 0.2) is 5.69 Å². The van der Waals surface area contributed by atoms with Crippen LogP contribution in [-0.4, -0.2) is 36.4 Å². The molecule has 2 aromatic carbocycles. The molecule has 0 aliphatic rings. The number of hydrogen-bond acceptors (Lipinski definition) is 6. The summed E-state index contributed by atoms with van der Waals surface area (Å²) in [5.41, 5.74) is 1.40. The number of anilines is 1. The minimum absolute atomic E-state index is 0.259. The van der Waals surface area contributed by atoms with E-state index < -0.39 is 0 Å². The Hall–Kier alpha value is -3.61. The number of aromatic nitrogens is 2. The topological polar surface area (TPSA) is 85.4 Å². The Labute approximate surface area is 163 Å². The summed E-state index contributed by atoms with van der Waals surface area (Å²) in [5.74, 6) is 1.80. The standard InChI is InChI=1S/C21H22N4O3/c1-27-17-7-9-18(10-8-17)28-14-13-22-21(26)19-11-12-20(25-24-19)23-15-16-5-3-2-4-6-16/h2-12H,13-15H2,1H3,(H,22,26)(H,23,25). The lowest BCUT2D eigenvalue weighted by atomic mass is 10.2. The van der Waals surface area contributed by atoms with E-state index in [-0.39, 0.29) is 11.6 Å². The van der Waals surface area contributed by atoms with Crippen molar-refractivity contribution >= 4 is 11.7 Å². The number of carbonyl (C=O) groups excluding carboxylic acids is 1. The van der Waals surface area contributed by atoms with Crippen molar-refractivity contribution < 1.29 is 14.3 Å². The molecule has 28 heavy (non-hydrogen) atoms. The average Bonchev–Trinajstić information content (AvgIpc) is 2.76. The van der Waals surface area contributed by atoms with Crippen molar-refractivity contribution in [2.45, 2.75) is 6.54 Å². The molecule has 0 aliphatic heterocycles. The maximum absolute atomic E-state index is 12.1. The first-order valence-corrected chi connectivity index (χ1v) is 8.91. The highest BCUT2D eigenvalue weighted by Gasteiger charge is 2.07. The van der Waals surface area contributed by atoms with E-state index in [0.29, 0.717) is 31.3 Å². The summed E-state index contributed by atoms with van der Waals surface area (Å²) >= 11 is 0. The summed E-state index contributed by atoms with van der Waals surface area (Å²) in [4.78, 5) is 12.1. The molecule has 0 saturated heterocycles. The summed E-state index contributed by atoms with van der Waals surface area (Å²) in [6.45, 7) is 1.35. The average molecular weight is 378 g/mol. The van der Waals surface area contributed by atoms with Crippen molar-refractivity contribution in [3.05, 3.63) is 78.0 Å². The molecule has 7 heteroatoms. The van der Waals surface area contributed by atoms with Crippen molar-refractivity contribution in [1.29, 1.82) is 0 Å². The predicted octanol–water partition coefficient (Wildman–Crippen LogP) is 2.91. The van der Waals surface area contributed by atoms with Gasteiger partial charge < -0.3 is 20.1 Å². The largest absolute Gasteiger partial charge is 0.497 e. The van der Waals surface area contributed by atoms with Crippen molar-refractivity contribution in [2.24, 2.45) is 0 Å². The Morgan fingerprint density at radius 3 is 2.36 bits per heavy atom. The number of ether oxygens (including phenoxy) is 2. The van der Waals surface area contributed by atoms with Gasteiger partial charge in [0.2, 0.25) is 0 Å². The van der Waals surface area contributed by atoms with Crippen LogP contribution in [0.25, 0.3) is 0 Å². The highest BCUT2D eigenvalue weighted by molar-refractivity contribution is 5.92. The molecular formula is C21H22N4O3. The van der Waals surface area contributed by atoms with Gasteiger partial charge in [-0.25, -0.2) is 0 Å². The lowest BCUT2D eigenvalue weighted by Crippen LogP contribution is -2.29. The van der Waals surface area contributed by atoms with Gasteiger partial charge in [-0.1, -0.05) is 30.3 Å². The maximum atomic E-state index is 12.1. The Kier molecular flexibility index (Phi) is 6.78. The lowest BCUT2D eigenvalue weighted by Gasteiger charge is -2.08. The van der Waals surface area contributed by atoms with E-state index in [0.717, 1.165) is 11.3 Å². The number of nitrogens with one attached hydrogen (secondary N) is 2. The lowest BCUT2D eigenvalue weighted by molar-refractivity contribution is 0.0941. The van der Waals surface area contributed by atoms with Crippen LogP contribution in [-0.2, 0) is 6.54 Å². The van der Waals surface area contributed by atoms with Crippen LogP contribution in [0.2, 0.25) is 0 Å². The van der Waals surface area contributed by atoms with Crippen LogP contribution in [0.4, 0.5) is 5.82 Å². The van der Waals surface area contributed by atoms with E-state index in [1.165, 1.54) is 0 Å². The van der Waals surface area contributed by atoms with Gasteiger partial charge >= 0.3 is 0 Å². The van der Waals surface area contributed by atoms with Crippen LogP contribution in [0, 0.1) is 0 Å². The second-order valence-electron chi connectivity index (χ2n) is 5.92. The summed E-state index contributed by atoms with van der Waals surface area (Å²) in [5, 5.41) is 13.9. The van der Waals surface area contributed by atoms with Crippen LogP contribution in [0.5, 0.6) is 11.5 Å². The minimum atomic E-state index is -0.291. The Morgan fingerprint density at radius 1 is 0.929 bits per heavy atom. The van der Waals surface area contributed by atoms with Crippen molar-refractivity contribution in [3.8, 4) is 11.5 Å². The van der Waals surface area contributed by atoms with Crippen molar-refractivity contribution in [3.63, 3.8) is 0 Å². The first-order valence-electron chi connectivity index (χ1n) is 8.91. The molecule has 0 radical (unpaired) electrons. The molecule has 3 aromatic rings. The number of hydrogen-bond donors (Lipinski definition) is 2. The minimum Gasteiger partial charge on any atom is -0.497 e. The zero-order valence-corrected chi connectivity index (χ0v) is 15.6. The third kappa shape index (κ3) is 5.70. The third-order valence-corrected chi connectivity index (χ3v) is 3.93.